The fourth-order valence-corrected chi connectivity index (χ4v) is 3.64. The van der Waals surface area contributed by atoms with Gasteiger partial charge in [-0.15, -0.1) is 0 Å². The molecule has 4 nitrogen and oxygen atoms in total. The fraction of sp³-hybridized carbons (Fsp3) is 0.667. The summed E-state index contributed by atoms with van der Waals surface area (Å²) in [5, 5.41) is 3.42. The first-order chi connectivity index (χ1) is 8.65. The molecule has 0 bridgehead atoms. The van der Waals surface area contributed by atoms with E-state index in [2.05, 4.69) is 37.5 Å². The molecule has 0 radical (unpaired) electrons. The van der Waals surface area contributed by atoms with Crippen molar-refractivity contribution in [1.29, 1.82) is 0 Å². The quantitative estimate of drug-likeness (QED) is 0.886. The lowest BCUT2D eigenvalue weighted by Gasteiger charge is -2.36. The standard InChI is InChI=1S/C12H19BrN4S/c1-18-12(5-3-2-4-6-12)8-16-10-9(13)7-15-11(14)17-10/h7H,2-6,8H2,1H3,(H3,14,15,16,17). The summed E-state index contributed by atoms with van der Waals surface area (Å²) >= 11 is 5.42. The minimum Gasteiger partial charge on any atom is -0.368 e. The molecule has 6 heteroatoms. The summed E-state index contributed by atoms with van der Waals surface area (Å²) in [7, 11) is 0. The minimum absolute atomic E-state index is 0.308. The van der Waals surface area contributed by atoms with Crippen LogP contribution >= 0.6 is 27.7 Å². The Morgan fingerprint density at radius 3 is 2.83 bits per heavy atom. The monoisotopic (exact) mass is 330 g/mol. The molecule has 0 atom stereocenters. The minimum atomic E-state index is 0.308. The van der Waals surface area contributed by atoms with Crippen LogP contribution in [0, 0.1) is 0 Å². The number of thioether (sulfide) groups is 1. The molecule has 1 saturated carbocycles. The Morgan fingerprint density at radius 2 is 2.17 bits per heavy atom. The van der Waals surface area contributed by atoms with Crippen LogP contribution in [-0.4, -0.2) is 27.5 Å². The highest BCUT2D eigenvalue weighted by atomic mass is 79.9. The Morgan fingerprint density at radius 1 is 1.44 bits per heavy atom. The van der Waals surface area contributed by atoms with E-state index in [9.17, 15) is 0 Å². The smallest absolute Gasteiger partial charge is 0.221 e. The van der Waals surface area contributed by atoms with E-state index in [1.807, 2.05) is 11.8 Å². The van der Waals surface area contributed by atoms with Crippen LogP contribution in [0.5, 0.6) is 0 Å². The molecule has 1 fully saturated rings. The highest BCUT2D eigenvalue weighted by Crippen LogP contribution is 2.38. The van der Waals surface area contributed by atoms with Crippen LogP contribution in [-0.2, 0) is 0 Å². The van der Waals surface area contributed by atoms with Crippen LogP contribution in [0.1, 0.15) is 32.1 Å². The molecular formula is C12H19BrN4S. The molecule has 0 amide bonds. The molecule has 18 heavy (non-hydrogen) atoms. The SMILES string of the molecule is CSC1(CNc2nc(N)ncc2Br)CCCCC1. The third-order valence-corrected chi connectivity index (χ3v) is 5.54. The van der Waals surface area contributed by atoms with E-state index in [0.717, 1.165) is 16.8 Å². The lowest BCUT2D eigenvalue weighted by Crippen LogP contribution is -2.35. The second kappa shape index (κ2) is 6.10. The number of nitrogen functional groups attached to an aromatic ring is 1. The Balaban J connectivity index is 2.03. The van der Waals surface area contributed by atoms with Gasteiger partial charge in [0.2, 0.25) is 5.95 Å². The summed E-state index contributed by atoms with van der Waals surface area (Å²) in [5.41, 5.74) is 5.61. The topological polar surface area (TPSA) is 63.8 Å². The van der Waals surface area contributed by atoms with Gasteiger partial charge in [0, 0.05) is 17.5 Å². The number of hydrogen-bond acceptors (Lipinski definition) is 5. The lowest BCUT2D eigenvalue weighted by molar-refractivity contribution is 0.411. The molecule has 0 saturated heterocycles. The van der Waals surface area contributed by atoms with Gasteiger partial charge in [-0.3, -0.25) is 0 Å². The van der Waals surface area contributed by atoms with Gasteiger partial charge in [-0.25, -0.2) is 4.98 Å². The van der Waals surface area contributed by atoms with Crippen molar-refractivity contribution < 1.29 is 0 Å². The Bertz CT molecular complexity index is 407. The zero-order chi connectivity index (χ0) is 13.0. The maximum Gasteiger partial charge on any atom is 0.221 e. The predicted molar refractivity (Wildman–Crippen MR) is 82.0 cm³/mol. The van der Waals surface area contributed by atoms with Crippen LogP contribution < -0.4 is 11.1 Å². The number of nitrogens with zero attached hydrogens (tertiary/aromatic N) is 2. The predicted octanol–water partition coefficient (Wildman–Crippen LogP) is 3.30. The highest BCUT2D eigenvalue weighted by molar-refractivity contribution is 9.10. The molecule has 0 aliphatic heterocycles. The van der Waals surface area contributed by atoms with Gasteiger partial charge >= 0.3 is 0 Å². The van der Waals surface area contributed by atoms with Crippen molar-refractivity contribution in [2.75, 3.05) is 23.9 Å². The third kappa shape index (κ3) is 3.29. The molecule has 0 unspecified atom stereocenters. The van der Waals surface area contributed by atoms with Crippen molar-refractivity contribution in [3.63, 3.8) is 0 Å². The average molecular weight is 331 g/mol. The van der Waals surface area contributed by atoms with E-state index in [4.69, 9.17) is 5.73 Å². The van der Waals surface area contributed by atoms with Gasteiger partial charge in [-0.2, -0.15) is 16.7 Å². The van der Waals surface area contributed by atoms with E-state index in [-0.39, 0.29) is 0 Å². The van der Waals surface area contributed by atoms with Crippen molar-refractivity contribution in [1.82, 2.24) is 9.97 Å². The summed E-state index contributed by atoms with van der Waals surface area (Å²) in [4.78, 5) is 8.17. The summed E-state index contributed by atoms with van der Waals surface area (Å²) in [6.07, 6.45) is 10.5. The van der Waals surface area contributed by atoms with Gasteiger partial charge in [-0.1, -0.05) is 19.3 Å². The van der Waals surface area contributed by atoms with Gasteiger partial charge < -0.3 is 11.1 Å². The van der Waals surface area contributed by atoms with Gasteiger partial charge in [0.1, 0.15) is 5.82 Å². The molecule has 100 valence electrons. The molecule has 2 rings (SSSR count). The molecular weight excluding hydrogens is 312 g/mol. The first-order valence-electron chi connectivity index (χ1n) is 6.22. The van der Waals surface area contributed by atoms with E-state index in [0.29, 0.717) is 10.7 Å². The lowest BCUT2D eigenvalue weighted by atomic mass is 9.88. The van der Waals surface area contributed by atoms with Crippen molar-refractivity contribution in [3.8, 4) is 0 Å². The zero-order valence-electron chi connectivity index (χ0n) is 10.6. The molecule has 0 spiro atoms. The largest absolute Gasteiger partial charge is 0.368 e. The number of nitrogens with one attached hydrogen (secondary N) is 1. The second-order valence-electron chi connectivity index (χ2n) is 4.73. The number of hydrogen-bond donors (Lipinski definition) is 2. The number of nitrogens with two attached hydrogens (primary N) is 1. The summed E-state index contributed by atoms with van der Waals surface area (Å²) < 4.78 is 1.21. The molecule has 0 aromatic carbocycles. The van der Waals surface area contributed by atoms with Crippen molar-refractivity contribution in [2.24, 2.45) is 0 Å². The van der Waals surface area contributed by atoms with Gasteiger partial charge in [0.15, 0.2) is 0 Å². The van der Waals surface area contributed by atoms with Crippen molar-refractivity contribution >= 4 is 39.5 Å². The van der Waals surface area contributed by atoms with E-state index < -0.39 is 0 Å². The van der Waals surface area contributed by atoms with Crippen molar-refractivity contribution in [3.05, 3.63) is 10.7 Å². The Kier molecular flexibility index (Phi) is 4.72. The van der Waals surface area contributed by atoms with Gasteiger partial charge in [0.05, 0.1) is 4.47 Å². The normalized spacial score (nSPS) is 18.6. The average Bonchev–Trinajstić information content (AvgIpc) is 2.41. The third-order valence-electron chi connectivity index (χ3n) is 3.54. The Labute approximate surface area is 121 Å². The fourth-order valence-electron chi connectivity index (χ4n) is 2.40. The van der Waals surface area contributed by atoms with E-state index >= 15 is 0 Å². The van der Waals surface area contributed by atoms with Crippen LogP contribution in [0.4, 0.5) is 11.8 Å². The summed E-state index contributed by atoms with van der Waals surface area (Å²) in [5.74, 6) is 1.10. The molecule has 1 aliphatic carbocycles. The number of halogens is 1. The molecule has 1 heterocycles. The highest BCUT2D eigenvalue weighted by Gasteiger charge is 2.31. The molecule has 1 aromatic heterocycles. The number of aromatic nitrogens is 2. The first kappa shape index (κ1) is 13.9. The van der Waals surface area contributed by atoms with E-state index in [1.54, 1.807) is 6.20 Å². The van der Waals surface area contributed by atoms with Crippen LogP contribution in [0.25, 0.3) is 0 Å². The molecule has 1 aromatic rings. The second-order valence-corrected chi connectivity index (χ2v) is 6.85. The maximum atomic E-state index is 5.61. The number of anilines is 2. The van der Waals surface area contributed by atoms with Gasteiger partial charge in [-0.05, 0) is 35.0 Å². The van der Waals surface area contributed by atoms with Gasteiger partial charge in [0.25, 0.3) is 0 Å². The zero-order valence-corrected chi connectivity index (χ0v) is 13.0. The molecule has 1 aliphatic rings. The van der Waals surface area contributed by atoms with E-state index in [1.165, 1.54) is 32.1 Å². The summed E-state index contributed by atoms with van der Waals surface area (Å²) in [6.45, 7) is 0.934. The van der Waals surface area contributed by atoms with Crippen molar-refractivity contribution in [2.45, 2.75) is 36.9 Å². The Hall–Kier alpha value is -0.490. The summed E-state index contributed by atoms with van der Waals surface area (Å²) in [6, 6.07) is 0. The number of rotatable bonds is 4. The van der Waals surface area contributed by atoms with Crippen LogP contribution in [0.15, 0.2) is 10.7 Å². The first-order valence-corrected chi connectivity index (χ1v) is 8.24. The van der Waals surface area contributed by atoms with Crippen LogP contribution in [0.3, 0.4) is 0 Å². The molecule has 3 N–H and O–H groups in total. The van der Waals surface area contributed by atoms with Crippen LogP contribution in [0.2, 0.25) is 0 Å². The maximum absolute atomic E-state index is 5.61.